The Morgan fingerprint density at radius 3 is 2.04 bits per heavy atom. The van der Waals surface area contributed by atoms with Crippen LogP contribution in [0.4, 0.5) is 32.0 Å². The summed E-state index contributed by atoms with van der Waals surface area (Å²) < 4.78 is 78.0. The van der Waals surface area contributed by atoms with Gasteiger partial charge in [-0.15, -0.1) is 12.4 Å². The van der Waals surface area contributed by atoms with E-state index in [4.69, 9.17) is 5.73 Å². The minimum Gasteiger partial charge on any atom is -0.371 e. The van der Waals surface area contributed by atoms with Crippen LogP contribution in [0, 0.1) is 5.92 Å². The van der Waals surface area contributed by atoms with Gasteiger partial charge < -0.3 is 10.6 Å². The lowest BCUT2D eigenvalue weighted by Crippen LogP contribution is -2.47. The summed E-state index contributed by atoms with van der Waals surface area (Å²) in [6, 6.07) is 1.68. The highest BCUT2D eigenvalue weighted by Crippen LogP contribution is 2.39. The Bertz CT molecular complexity index is 555. The van der Waals surface area contributed by atoms with Crippen LogP contribution in [0.2, 0.25) is 0 Å². The first kappa shape index (κ1) is 22.9. The van der Waals surface area contributed by atoms with Crippen LogP contribution in [0.25, 0.3) is 0 Å². The molecule has 1 aliphatic heterocycles. The molecule has 0 aromatic heterocycles. The quantitative estimate of drug-likeness (QED) is 0.672. The van der Waals surface area contributed by atoms with Gasteiger partial charge in [0.25, 0.3) is 0 Å². The first-order valence-electron chi connectivity index (χ1n) is 8.32. The third-order valence-corrected chi connectivity index (χ3v) is 4.66. The SMILES string of the molecule is CCCC[C@H]1CN(c2cc(C(F)(F)F)cc(C(F)(F)F)c2)CC[C@H]1N.Cl. The van der Waals surface area contributed by atoms with Gasteiger partial charge in [0.2, 0.25) is 0 Å². The van der Waals surface area contributed by atoms with Crippen molar-refractivity contribution in [1.29, 1.82) is 0 Å². The number of nitrogens with zero attached hydrogens (tertiary/aromatic N) is 1. The molecule has 0 bridgehead atoms. The lowest BCUT2D eigenvalue weighted by molar-refractivity contribution is -0.143. The standard InChI is InChI=1S/C17H22F6N2.ClH/c1-2-3-4-11-10-25(6-5-15(11)24)14-8-12(16(18,19)20)7-13(9-14)17(21,22)23;/h7-9,11,15H,2-6,10,24H2,1H3;1H/t11-,15+;/m0./s1. The minimum absolute atomic E-state index is 0. The second kappa shape index (κ2) is 8.69. The number of hydrogen-bond donors (Lipinski definition) is 1. The Morgan fingerprint density at radius 1 is 1.04 bits per heavy atom. The van der Waals surface area contributed by atoms with E-state index in [0.29, 0.717) is 19.5 Å². The Balaban J connectivity index is 0.00000338. The molecule has 0 amide bonds. The van der Waals surface area contributed by atoms with E-state index in [-0.39, 0.29) is 36.1 Å². The highest BCUT2D eigenvalue weighted by atomic mass is 35.5. The zero-order valence-electron chi connectivity index (χ0n) is 14.3. The molecule has 0 saturated carbocycles. The molecule has 1 aromatic carbocycles. The van der Waals surface area contributed by atoms with E-state index in [0.717, 1.165) is 31.4 Å². The van der Waals surface area contributed by atoms with Gasteiger partial charge in [-0.05, 0) is 37.0 Å². The average Bonchev–Trinajstić information content (AvgIpc) is 2.52. The van der Waals surface area contributed by atoms with Crippen LogP contribution in [-0.2, 0) is 12.4 Å². The van der Waals surface area contributed by atoms with Crippen LogP contribution in [0.15, 0.2) is 18.2 Å². The average molecular weight is 405 g/mol. The molecule has 1 aromatic rings. The van der Waals surface area contributed by atoms with Crippen LogP contribution < -0.4 is 10.6 Å². The summed E-state index contributed by atoms with van der Waals surface area (Å²) in [6.45, 7) is 2.75. The van der Waals surface area contributed by atoms with Crippen molar-refractivity contribution in [2.75, 3.05) is 18.0 Å². The number of hydrogen-bond acceptors (Lipinski definition) is 2. The number of rotatable bonds is 4. The maximum atomic E-state index is 13.0. The van der Waals surface area contributed by atoms with Crippen molar-refractivity contribution in [3.8, 4) is 0 Å². The molecule has 26 heavy (non-hydrogen) atoms. The van der Waals surface area contributed by atoms with E-state index in [1.54, 1.807) is 4.90 Å². The van der Waals surface area contributed by atoms with E-state index < -0.39 is 23.5 Å². The van der Waals surface area contributed by atoms with Crippen LogP contribution in [0.1, 0.15) is 43.7 Å². The summed E-state index contributed by atoms with van der Waals surface area (Å²) in [7, 11) is 0. The number of halogens is 7. The number of piperidine rings is 1. The summed E-state index contributed by atoms with van der Waals surface area (Å²) >= 11 is 0. The topological polar surface area (TPSA) is 29.3 Å². The fourth-order valence-corrected chi connectivity index (χ4v) is 3.18. The molecule has 2 atom stereocenters. The molecule has 9 heteroatoms. The van der Waals surface area contributed by atoms with E-state index in [9.17, 15) is 26.3 Å². The molecule has 1 saturated heterocycles. The molecule has 0 spiro atoms. The monoisotopic (exact) mass is 404 g/mol. The van der Waals surface area contributed by atoms with E-state index in [2.05, 4.69) is 0 Å². The summed E-state index contributed by atoms with van der Waals surface area (Å²) in [6.07, 6.45) is -6.40. The predicted molar refractivity (Wildman–Crippen MR) is 91.5 cm³/mol. The zero-order chi connectivity index (χ0) is 18.8. The second-order valence-corrected chi connectivity index (χ2v) is 6.56. The highest BCUT2D eigenvalue weighted by molar-refractivity contribution is 5.85. The van der Waals surface area contributed by atoms with Crippen molar-refractivity contribution < 1.29 is 26.3 Å². The lowest BCUT2D eigenvalue weighted by Gasteiger charge is -2.38. The molecule has 2 nitrogen and oxygen atoms in total. The van der Waals surface area contributed by atoms with Crippen molar-refractivity contribution in [1.82, 2.24) is 0 Å². The van der Waals surface area contributed by atoms with Crippen LogP contribution >= 0.6 is 12.4 Å². The zero-order valence-corrected chi connectivity index (χ0v) is 15.1. The van der Waals surface area contributed by atoms with Gasteiger partial charge in [0.15, 0.2) is 0 Å². The van der Waals surface area contributed by atoms with Crippen molar-refractivity contribution in [2.24, 2.45) is 11.7 Å². The molecule has 0 aliphatic carbocycles. The molecule has 1 heterocycles. The fraction of sp³-hybridized carbons (Fsp3) is 0.647. The Morgan fingerprint density at radius 2 is 1.58 bits per heavy atom. The van der Waals surface area contributed by atoms with Gasteiger partial charge in [-0.3, -0.25) is 0 Å². The highest BCUT2D eigenvalue weighted by Gasteiger charge is 2.38. The van der Waals surface area contributed by atoms with Gasteiger partial charge in [0.05, 0.1) is 11.1 Å². The number of alkyl halides is 6. The lowest BCUT2D eigenvalue weighted by atomic mass is 9.88. The van der Waals surface area contributed by atoms with Gasteiger partial charge in [0.1, 0.15) is 0 Å². The summed E-state index contributed by atoms with van der Waals surface area (Å²) in [5.41, 5.74) is 3.47. The maximum absolute atomic E-state index is 13.0. The van der Waals surface area contributed by atoms with E-state index >= 15 is 0 Å². The number of nitrogens with two attached hydrogens (primary N) is 1. The van der Waals surface area contributed by atoms with Crippen molar-refractivity contribution in [2.45, 2.75) is 51.0 Å². The number of anilines is 1. The Labute approximate surface area is 155 Å². The van der Waals surface area contributed by atoms with Crippen LogP contribution in [0.5, 0.6) is 0 Å². The van der Waals surface area contributed by atoms with Crippen LogP contribution in [0.3, 0.4) is 0 Å². The smallest absolute Gasteiger partial charge is 0.371 e. The van der Waals surface area contributed by atoms with Gasteiger partial charge in [-0.1, -0.05) is 19.8 Å². The fourth-order valence-electron chi connectivity index (χ4n) is 3.18. The predicted octanol–water partition coefficient (Wildman–Crippen LogP) is 5.49. The first-order valence-corrected chi connectivity index (χ1v) is 8.32. The van der Waals surface area contributed by atoms with Gasteiger partial charge in [-0.2, -0.15) is 26.3 Å². The molecule has 1 fully saturated rings. The first-order chi connectivity index (χ1) is 11.5. The minimum atomic E-state index is -4.83. The van der Waals surface area contributed by atoms with E-state index in [1.165, 1.54) is 0 Å². The second-order valence-electron chi connectivity index (χ2n) is 6.56. The molecule has 2 rings (SSSR count). The van der Waals surface area contributed by atoms with Crippen molar-refractivity contribution in [3.63, 3.8) is 0 Å². The molecule has 0 radical (unpaired) electrons. The third kappa shape index (κ3) is 5.67. The van der Waals surface area contributed by atoms with Crippen molar-refractivity contribution >= 4 is 18.1 Å². The Kier molecular flexibility index (Phi) is 7.65. The largest absolute Gasteiger partial charge is 0.416 e. The van der Waals surface area contributed by atoms with E-state index in [1.807, 2.05) is 6.92 Å². The summed E-state index contributed by atoms with van der Waals surface area (Å²) in [5.74, 6) is 0.0672. The molecular formula is C17H23ClF6N2. The van der Waals surface area contributed by atoms with Gasteiger partial charge in [-0.25, -0.2) is 0 Å². The maximum Gasteiger partial charge on any atom is 0.416 e. The Hall–Kier alpha value is -1.15. The summed E-state index contributed by atoms with van der Waals surface area (Å²) in [4.78, 5) is 1.59. The molecule has 150 valence electrons. The molecule has 1 aliphatic rings. The van der Waals surface area contributed by atoms with Gasteiger partial charge in [0, 0.05) is 24.8 Å². The molecule has 0 unspecified atom stereocenters. The van der Waals surface area contributed by atoms with Crippen LogP contribution in [-0.4, -0.2) is 19.1 Å². The molecule has 2 N–H and O–H groups in total. The molecular weight excluding hydrogens is 382 g/mol. The normalized spacial score (nSPS) is 21.5. The van der Waals surface area contributed by atoms with Crippen molar-refractivity contribution in [3.05, 3.63) is 29.3 Å². The number of benzene rings is 1. The van der Waals surface area contributed by atoms with Gasteiger partial charge >= 0.3 is 12.4 Å². The number of unbranched alkanes of at least 4 members (excludes halogenated alkanes) is 1. The summed E-state index contributed by atoms with van der Waals surface area (Å²) in [5, 5.41) is 0. The third-order valence-electron chi connectivity index (χ3n) is 4.66.